The molecule has 3 rings (SSSR count). The minimum absolute atomic E-state index is 0.0173. The first-order valence-electron chi connectivity index (χ1n) is 6.79. The van der Waals surface area contributed by atoms with Gasteiger partial charge in [-0.3, -0.25) is 9.59 Å². The van der Waals surface area contributed by atoms with E-state index in [1.54, 1.807) is 18.2 Å². The van der Waals surface area contributed by atoms with E-state index in [2.05, 4.69) is 15.6 Å². The van der Waals surface area contributed by atoms with Crippen molar-refractivity contribution >= 4 is 23.3 Å². The van der Waals surface area contributed by atoms with E-state index in [4.69, 9.17) is 0 Å². The number of pyridine rings is 1. The molecule has 5 nitrogen and oxygen atoms in total. The average Bonchev–Trinajstić information content (AvgIpc) is 2.46. The Morgan fingerprint density at radius 3 is 2.90 bits per heavy atom. The molecule has 0 radical (unpaired) electrons. The SMILES string of the molecule is Cc1cccc(NC(=O)c2ccc3c(c2)CCC(=O)N3)n1. The first-order valence-corrected chi connectivity index (χ1v) is 6.79. The van der Waals surface area contributed by atoms with E-state index in [9.17, 15) is 9.59 Å². The van der Waals surface area contributed by atoms with E-state index < -0.39 is 0 Å². The molecule has 0 aliphatic carbocycles. The van der Waals surface area contributed by atoms with E-state index in [-0.39, 0.29) is 11.8 Å². The fourth-order valence-corrected chi connectivity index (χ4v) is 2.33. The maximum atomic E-state index is 12.2. The number of nitrogens with zero attached hydrogens (tertiary/aromatic N) is 1. The number of hydrogen-bond donors (Lipinski definition) is 2. The lowest BCUT2D eigenvalue weighted by Gasteiger charge is -2.17. The van der Waals surface area contributed by atoms with E-state index in [0.717, 1.165) is 16.9 Å². The summed E-state index contributed by atoms with van der Waals surface area (Å²) >= 11 is 0. The Labute approximate surface area is 122 Å². The van der Waals surface area contributed by atoms with Crippen molar-refractivity contribution < 1.29 is 9.59 Å². The molecule has 0 unspecified atom stereocenters. The van der Waals surface area contributed by atoms with Crippen molar-refractivity contribution in [1.29, 1.82) is 0 Å². The third kappa shape index (κ3) is 2.91. The van der Waals surface area contributed by atoms with Crippen LogP contribution in [0.2, 0.25) is 0 Å². The fraction of sp³-hybridized carbons (Fsp3) is 0.188. The molecule has 21 heavy (non-hydrogen) atoms. The number of fused-ring (bicyclic) bond motifs is 1. The Hall–Kier alpha value is -2.69. The van der Waals surface area contributed by atoms with Gasteiger partial charge in [0.05, 0.1) is 0 Å². The number of benzene rings is 1. The monoisotopic (exact) mass is 281 g/mol. The number of carbonyl (C=O) groups excluding carboxylic acids is 2. The molecule has 106 valence electrons. The van der Waals surface area contributed by atoms with Crippen LogP contribution in [0.25, 0.3) is 0 Å². The Morgan fingerprint density at radius 2 is 2.10 bits per heavy atom. The number of anilines is 2. The van der Waals surface area contributed by atoms with Gasteiger partial charge < -0.3 is 10.6 Å². The molecule has 1 aromatic heterocycles. The van der Waals surface area contributed by atoms with Gasteiger partial charge in [-0.2, -0.15) is 0 Å². The number of carbonyl (C=O) groups is 2. The predicted octanol–water partition coefficient (Wildman–Crippen LogP) is 2.53. The van der Waals surface area contributed by atoms with E-state index in [1.807, 2.05) is 25.1 Å². The molecular formula is C16H15N3O2. The summed E-state index contributed by atoms with van der Waals surface area (Å²) in [5, 5.41) is 5.58. The molecule has 1 aliphatic heterocycles. The van der Waals surface area contributed by atoms with Gasteiger partial charge in [0.1, 0.15) is 5.82 Å². The molecule has 0 saturated carbocycles. The largest absolute Gasteiger partial charge is 0.326 e. The lowest BCUT2D eigenvalue weighted by Crippen LogP contribution is -2.20. The molecule has 2 aromatic rings. The molecule has 0 atom stereocenters. The summed E-state index contributed by atoms with van der Waals surface area (Å²) < 4.78 is 0. The van der Waals surface area contributed by atoms with Gasteiger partial charge in [0.25, 0.3) is 5.91 Å². The Morgan fingerprint density at radius 1 is 1.24 bits per heavy atom. The summed E-state index contributed by atoms with van der Waals surface area (Å²) in [7, 11) is 0. The Kier molecular flexibility index (Phi) is 3.39. The van der Waals surface area contributed by atoms with Crippen LogP contribution in [0.5, 0.6) is 0 Å². The molecule has 0 saturated heterocycles. The summed E-state index contributed by atoms with van der Waals surface area (Å²) in [6, 6.07) is 10.8. The highest BCUT2D eigenvalue weighted by Gasteiger charge is 2.16. The summed E-state index contributed by atoms with van der Waals surface area (Å²) in [6.45, 7) is 1.87. The van der Waals surface area contributed by atoms with Crippen molar-refractivity contribution in [2.24, 2.45) is 0 Å². The number of rotatable bonds is 2. The molecule has 2 amide bonds. The number of amides is 2. The van der Waals surface area contributed by atoms with Crippen molar-refractivity contribution in [3.8, 4) is 0 Å². The molecule has 2 heterocycles. The van der Waals surface area contributed by atoms with Crippen LogP contribution in [0.1, 0.15) is 28.0 Å². The average molecular weight is 281 g/mol. The molecule has 2 N–H and O–H groups in total. The second-order valence-electron chi connectivity index (χ2n) is 5.04. The van der Waals surface area contributed by atoms with Crippen molar-refractivity contribution in [1.82, 2.24) is 4.98 Å². The number of nitrogens with one attached hydrogen (secondary N) is 2. The second kappa shape index (κ2) is 5.36. The van der Waals surface area contributed by atoms with Crippen molar-refractivity contribution in [3.05, 3.63) is 53.2 Å². The highest BCUT2D eigenvalue weighted by molar-refractivity contribution is 6.04. The molecule has 1 aromatic carbocycles. The lowest BCUT2D eigenvalue weighted by molar-refractivity contribution is -0.116. The van der Waals surface area contributed by atoms with Crippen LogP contribution >= 0.6 is 0 Å². The summed E-state index contributed by atoms with van der Waals surface area (Å²) in [5.41, 5.74) is 3.19. The summed E-state index contributed by atoms with van der Waals surface area (Å²) in [6.07, 6.45) is 1.11. The molecule has 5 heteroatoms. The maximum Gasteiger partial charge on any atom is 0.256 e. The van der Waals surface area contributed by atoms with Crippen molar-refractivity contribution in [2.45, 2.75) is 19.8 Å². The topological polar surface area (TPSA) is 71.1 Å². The van der Waals surface area contributed by atoms with Crippen LogP contribution in [0.4, 0.5) is 11.5 Å². The van der Waals surface area contributed by atoms with E-state index >= 15 is 0 Å². The molecule has 0 fully saturated rings. The van der Waals surface area contributed by atoms with E-state index in [1.165, 1.54) is 0 Å². The van der Waals surface area contributed by atoms with Crippen molar-refractivity contribution in [3.63, 3.8) is 0 Å². The summed E-state index contributed by atoms with van der Waals surface area (Å²) in [4.78, 5) is 27.8. The minimum atomic E-state index is -0.201. The number of aromatic nitrogens is 1. The van der Waals surface area contributed by atoms with Crippen LogP contribution < -0.4 is 10.6 Å². The van der Waals surface area contributed by atoms with Gasteiger partial charge in [0.15, 0.2) is 0 Å². The second-order valence-corrected chi connectivity index (χ2v) is 5.04. The smallest absolute Gasteiger partial charge is 0.256 e. The normalized spacial score (nSPS) is 13.3. The van der Waals surface area contributed by atoms with Crippen LogP contribution in [0, 0.1) is 6.92 Å². The molecule has 0 bridgehead atoms. The quantitative estimate of drug-likeness (QED) is 0.888. The van der Waals surface area contributed by atoms with Crippen LogP contribution in [0.15, 0.2) is 36.4 Å². The van der Waals surface area contributed by atoms with Gasteiger partial charge >= 0.3 is 0 Å². The zero-order valence-electron chi connectivity index (χ0n) is 11.6. The van der Waals surface area contributed by atoms with E-state index in [0.29, 0.717) is 24.2 Å². The first kappa shape index (κ1) is 13.3. The first-order chi connectivity index (χ1) is 10.1. The molecule has 1 aliphatic rings. The lowest BCUT2D eigenvalue weighted by atomic mass is 10.00. The zero-order valence-corrected chi connectivity index (χ0v) is 11.6. The van der Waals surface area contributed by atoms with Gasteiger partial charge in [-0.05, 0) is 49.2 Å². The maximum absolute atomic E-state index is 12.2. The fourth-order valence-electron chi connectivity index (χ4n) is 2.33. The third-order valence-electron chi connectivity index (χ3n) is 3.39. The van der Waals surface area contributed by atoms with Gasteiger partial charge in [0.2, 0.25) is 5.91 Å². The highest BCUT2D eigenvalue weighted by Crippen LogP contribution is 2.23. The number of hydrogen-bond acceptors (Lipinski definition) is 3. The van der Waals surface area contributed by atoms with Crippen LogP contribution in [-0.2, 0) is 11.2 Å². The predicted molar refractivity (Wildman–Crippen MR) is 80.3 cm³/mol. The third-order valence-corrected chi connectivity index (χ3v) is 3.39. The Bertz CT molecular complexity index is 725. The molecular weight excluding hydrogens is 266 g/mol. The molecule has 0 spiro atoms. The van der Waals surface area contributed by atoms with Gasteiger partial charge in [-0.1, -0.05) is 6.07 Å². The summed E-state index contributed by atoms with van der Waals surface area (Å²) in [5.74, 6) is 0.350. The minimum Gasteiger partial charge on any atom is -0.326 e. The van der Waals surface area contributed by atoms with Crippen LogP contribution in [0.3, 0.4) is 0 Å². The van der Waals surface area contributed by atoms with Gasteiger partial charge in [-0.25, -0.2) is 4.98 Å². The van der Waals surface area contributed by atoms with Crippen LogP contribution in [-0.4, -0.2) is 16.8 Å². The van der Waals surface area contributed by atoms with Gasteiger partial charge in [-0.15, -0.1) is 0 Å². The van der Waals surface area contributed by atoms with Gasteiger partial charge in [0, 0.05) is 23.4 Å². The zero-order chi connectivity index (χ0) is 14.8. The standard InChI is InChI=1S/C16H15N3O2/c1-10-3-2-4-14(17-10)19-16(21)12-5-7-13-11(9-12)6-8-15(20)18-13/h2-5,7,9H,6,8H2,1H3,(H,18,20)(H,17,19,21). The van der Waals surface area contributed by atoms with Crippen molar-refractivity contribution in [2.75, 3.05) is 10.6 Å². The Balaban J connectivity index is 1.81. The highest BCUT2D eigenvalue weighted by atomic mass is 16.2. The number of aryl methyl sites for hydroxylation is 2.